The normalized spacial score (nSPS) is 13.3. The fraction of sp³-hybridized carbons (Fsp3) is 0.111. The van der Waals surface area contributed by atoms with Crippen molar-refractivity contribution in [3.8, 4) is 11.5 Å². The summed E-state index contributed by atoms with van der Waals surface area (Å²) in [6.45, 7) is 0.970. The maximum Gasteiger partial charge on any atom is 0.257 e. The van der Waals surface area contributed by atoms with Gasteiger partial charge in [-0.05, 0) is 24.3 Å². The highest BCUT2D eigenvalue weighted by Gasteiger charge is 2.14. The van der Waals surface area contributed by atoms with Gasteiger partial charge in [-0.2, -0.15) is 5.10 Å². The first kappa shape index (κ1) is 18.0. The number of aromatic nitrogens is 1. The highest BCUT2D eigenvalue weighted by Crippen LogP contribution is 2.34. The lowest BCUT2D eigenvalue weighted by Crippen LogP contribution is -2.16. The molecule has 0 aliphatic carbocycles. The van der Waals surface area contributed by atoms with Crippen molar-refractivity contribution in [2.24, 2.45) is 5.10 Å². The second kappa shape index (κ2) is 7.31. The molecule has 0 atom stereocenters. The van der Waals surface area contributed by atoms with E-state index >= 15 is 0 Å². The lowest BCUT2D eigenvalue weighted by Gasteiger charge is -2.18. The summed E-state index contributed by atoms with van der Waals surface area (Å²) in [7, 11) is 0. The number of hydrogen-bond donors (Lipinski definition) is 2. The fourth-order valence-corrected chi connectivity index (χ4v) is 3.57. The summed E-state index contributed by atoms with van der Waals surface area (Å²) in [5, 5.41) is 5.91. The van der Waals surface area contributed by atoms with Gasteiger partial charge >= 0.3 is 0 Å². The number of nitrogens with zero attached hydrogens (tertiary/aromatic N) is 1. The van der Waals surface area contributed by atoms with Crippen LogP contribution < -0.4 is 20.5 Å². The summed E-state index contributed by atoms with van der Waals surface area (Å²) in [5.41, 5.74) is 3.84. The number of halogens is 3. The second-order valence-electron chi connectivity index (χ2n) is 5.75. The van der Waals surface area contributed by atoms with Crippen LogP contribution >= 0.6 is 34.8 Å². The Bertz CT molecular complexity index is 1110. The molecule has 0 saturated carbocycles. The van der Waals surface area contributed by atoms with Crippen molar-refractivity contribution in [3.05, 3.63) is 61.3 Å². The lowest BCUT2D eigenvalue weighted by molar-refractivity contribution is 0.172. The Morgan fingerprint density at radius 1 is 1.00 bits per heavy atom. The number of rotatable bonds is 3. The Labute approximate surface area is 168 Å². The van der Waals surface area contributed by atoms with E-state index in [2.05, 4.69) is 15.5 Å². The minimum Gasteiger partial charge on any atom is -0.486 e. The Morgan fingerprint density at radius 3 is 2.37 bits per heavy atom. The molecule has 2 N–H and O–H groups in total. The number of anilines is 1. The van der Waals surface area contributed by atoms with Crippen molar-refractivity contribution >= 4 is 57.6 Å². The van der Waals surface area contributed by atoms with Crippen molar-refractivity contribution in [1.82, 2.24) is 4.98 Å². The minimum atomic E-state index is -0.293. The summed E-state index contributed by atoms with van der Waals surface area (Å²) in [4.78, 5) is 15.1. The zero-order valence-corrected chi connectivity index (χ0v) is 16.0. The molecule has 2 aromatic carbocycles. The molecule has 138 valence electrons. The van der Waals surface area contributed by atoms with Gasteiger partial charge in [-0.3, -0.25) is 10.2 Å². The third-order valence-electron chi connectivity index (χ3n) is 3.92. The molecule has 0 radical (unpaired) electrons. The predicted octanol–water partition coefficient (Wildman–Crippen LogP) is 4.71. The third-order valence-corrected chi connectivity index (χ3v) is 4.74. The molecule has 3 aromatic rings. The number of pyridine rings is 1. The van der Waals surface area contributed by atoms with E-state index in [1.54, 1.807) is 24.3 Å². The number of aromatic amines is 1. The molecule has 9 heteroatoms. The van der Waals surface area contributed by atoms with E-state index in [0.29, 0.717) is 56.5 Å². The quantitative estimate of drug-likeness (QED) is 0.472. The van der Waals surface area contributed by atoms with Crippen LogP contribution in [0.3, 0.4) is 0 Å². The Morgan fingerprint density at radius 2 is 1.67 bits per heavy atom. The second-order valence-corrected chi connectivity index (χ2v) is 7.00. The molecule has 2 heterocycles. The van der Waals surface area contributed by atoms with E-state index in [1.165, 1.54) is 6.21 Å². The molecule has 27 heavy (non-hydrogen) atoms. The van der Waals surface area contributed by atoms with Gasteiger partial charge in [0.05, 0.1) is 33.0 Å². The van der Waals surface area contributed by atoms with Crippen LogP contribution in [-0.4, -0.2) is 24.4 Å². The Kier molecular flexibility index (Phi) is 4.86. The molecule has 6 nitrogen and oxygen atoms in total. The van der Waals surface area contributed by atoms with E-state index in [4.69, 9.17) is 44.3 Å². The van der Waals surface area contributed by atoms with Crippen molar-refractivity contribution in [2.75, 3.05) is 18.6 Å². The average molecular weight is 425 g/mol. The number of H-pyrrole nitrogens is 1. The SMILES string of the molecule is O=c1[nH]c2cc3c(cc2cc1/C=N/Nc1c(Cl)cc(Cl)cc1Cl)OCCO3. The Balaban J connectivity index is 1.65. The topological polar surface area (TPSA) is 75.7 Å². The highest BCUT2D eigenvalue weighted by atomic mass is 35.5. The standard InChI is InChI=1S/C18H12Cl3N3O3/c19-11-5-12(20)17(13(21)6-11)24-22-8-10-3-9-4-15-16(27-2-1-26-15)7-14(9)23-18(10)25/h3-8,24H,1-2H2,(H,23,25)/b22-8+. The van der Waals surface area contributed by atoms with Crippen LogP contribution in [0.5, 0.6) is 11.5 Å². The molecule has 0 fully saturated rings. The molecule has 0 saturated heterocycles. The maximum absolute atomic E-state index is 12.3. The average Bonchev–Trinajstić information content (AvgIpc) is 2.62. The summed E-state index contributed by atoms with van der Waals surface area (Å²) < 4.78 is 11.1. The molecule has 0 spiro atoms. The molecule has 4 rings (SSSR count). The van der Waals surface area contributed by atoms with Crippen molar-refractivity contribution in [1.29, 1.82) is 0 Å². The zero-order valence-electron chi connectivity index (χ0n) is 13.7. The first-order valence-corrected chi connectivity index (χ1v) is 9.05. The van der Waals surface area contributed by atoms with Gasteiger partial charge in [-0.1, -0.05) is 34.8 Å². The molecule has 1 aliphatic rings. The van der Waals surface area contributed by atoms with Crippen LogP contribution in [0.4, 0.5) is 5.69 Å². The molecular weight excluding hydrogens is 413 g/mol. The zero-order chi connectivity index (χ0) is 19.0. The largest absolute Gasteiger partial charge is 0.486 e. The summed E-state index contributed by atoms with van der Waals surface area (Å²) in [6.07, 6.45) is 1.39. The molecule has 1 aromatic heterocycles. The van der Waals surface area contributed by atoms with E-state index < -0.39 is 0 Å². The van der Waals surface area contributed by atoms with Crippen LogP contribution in [-0.2, 0) is 0 Å². The van der Waals surface area contributed by atoms with Crippen molar-refractivity contribution in [2.45, 2.75) is 0 Å². The highest BCUT2D eigenvalue weighted by molar-refractivity contribution is 6.41. The van der Waals surface area contributed by atoms with Crippen LogP contribution in [0, 0.1) is 0 Å². The Hall–Kier alpha value is -2.41. The van der Waals surface area contributed by atoms with Crippen LogP contribution in [0.25, 0.3) is 10.9 Å². The third kappa shape index (κ3) is 3.69. The number of nitrogens with one attached hydrogen (secondary N) is 2. The first-order valence-electron chi connectivity index (χ1n) is 7.91. The van der Waals surface area contributed by atoms with Gasteiger partial charge in [0, 0.05) is 16.5 Å². The predicted molar refractivity (Wildman–Crippen MR) is 108 cm³/mol. The first-order chi connectivity index (χ1) is 13.0. The van der Waals surface area contributed by atoms with E-state index in [1.807, 2.05) is 6.07 Å². The number of hydrogen-bond acceptors (Lipinski definition) is 5. The lowest BCUT2D eigenvalue weighted by atomic mass is 10.1. The monoisotopic (exact) mass is 423 g/mol. The summed E-state index contributed by atoms with van der Waals surface area (Å²) in [6, 6.07) is 8.36. The summed E-state index contributed by atoms with van der Waals surface area (Å²) >= 11 is 18.1. The number of ether oxygens (including phenoxy) is 2. The minimum absolute atomic E-state index is 0.293. The van der Waals surface area contributed by atoms with Crippen molar-refractivity contribution in [3.63, 3.8) is 0 Å². The molecular formula is C18H12Cl3N3O3. The van der Waals surface area contributed by atoms with Crippen LogP contribution in [0.15, 0.2) is 40.2 Å². The van der Waals surface area contributed by atoms with Gasteiger partial charge in [-0.25, -0.2) is 0 Å². The summed E-state index contributed by atoms with van der Waals surface area (Å²) in [5.74, 6) is 1.25. The van der Waals surface area contributed by atoms with Gasteiger partial charge in [0.15, 0.2) is 11.5 Å². The molecule has 0 amide bonds. The number of benzene rings is 2. The van der Waals surface area contributed by atoms with Gasteiger partial charge in [0.2, 0.25) is 0 Å². The number of hydrazone groups is 1. The van der Waals surface area contributed by atoms with Gasteiger partial charge in [0.1, 0.15) is 13.2 Å². The smallest absolute Gasteiger partial charge is 0.257 e. The van der Waals surface area contributed by atoms with Gasteiger partial charge in [0.25, 0.3) is 5.56 Å². The van der Waals surface area contributed by atoms with Gasteiger partial charge < -0.3 is 14.5 Å². The van der Waals surface area contributed by atoms with Crippen LogP contribution in [0.1, 0.15) is 5.56 Å². The molecule has 1 aliphatic heterocycles. The van der Waals surface area contributed by atoms with Crippen LogP contribution in [0.2, 0.25) is 15.1 Å². The molecule has 0 unspecified atom stereocenters. The fourth-order valence-electron chi connectivity index (χ4n) is 2.67. The van der Waals surface area contributed by atoms with Crippen molar-refractivity contribution < 1.29 is 9.47 Å². The van der Waals surface area contributed by atoms with E-state index in [9.17, 15) is 4.79 Å². The van der Waals surface area contributed by atoms with Gasteiger partial charge in [-0.15, -0.1) is 0 Å². The maximum atomic E-state index is 12.3. The van der Waals surface area contributed by atoms with E-state index in [-0.39, 0.29) is 5.56 Å². The number of fused-ring (bicyclic) bond motifs is 2. The molecule has 0 bridgehead atoms. The van der Waals surface area contributed by atoms with E-state index in [0.717, 1.165) is 5.39 Å².